The van der Waals surface area contributed by atoms with E-state index in [0.29, 0.717) is 13.0 Å². The molecule has 0 saturated carbocycles. The Labute approximate surface area is 195 Å². The lowest BCUT2D eigenvalue weighted by molar-refractivity contribution is -0.148. The molecule has 0 radical (unpaired) electrons. The van der Waals surface area contributed by atoms with E-state index in [1.54, 1.807) is 20.8 Å². The summed E-state index contributed by atoms with van der Waals surface area (Å²) >= 11 is 0. The third-order valence-electron chi connectivity index (χ3n) is 4.93. The second-order valence-electron chi connectivity index (χ2n) is 8.86. The van der Waals surface area contributed by atoms with Crippen LogP contribution in [-0.2, 0) is 32.2 Å². The standard InChI is InChI=1S/C27H31NO5/c1-27(2,3)33-26(30)28-24(25(29)32-19-21-12-8-5-9-13-21)22-14-16-23(17-15-22)31-18-20-10-6-4-7-11-20/h4-14,16-17,22,24H,15,18-19H2,1-3H3,(H,28,30)/t22?,24-/m0/s1. The Hall–Kier alpha value is -3.54. The molecule has 0 bridgehead atoms. The maximum atomic E-state index is 12.9. The predicted molar refractivity (Wildman–Crippen MR) is 126 cm³/mol. The van der Waals surface area contributed by atoms with E-state index in [1.807, 2.05) is 78.9 Å². The van der Waals surface area contributed by atoms with Crippen molar-refractivity contribution in [2.24, 2.45) is 5.92 Å². The van der Waals surface area contributed by atoms with Gasteiger partial charge in [0.25, 0.3) is 0 Å². The molecule has 6 nitrogen and oxygen atoms in total. The van der Waals surface area contributed by atoms with Crippen LogP contribution in [0.15, 0.2) is 84.7 Å². The van der Waals surface area contributed by atoms with Gasteiger partial charge >= 0.3 is 12.1 Å². The molecule has 0 heterocycles. The highest BCUT2D eigenvalue weighted by Gasteiger charge is 2.32. The summed E-state index contributed by atoms with van der Waals surface area (Å²) in [6, 6.07) is 18.4. The lowest BCUT2D eigenvalue weighted by Crippen LogP contribution is -2.48. The van der Waals surface area contributed by atoms with Gasteiger partial charge in [-0.3, -0.25) is 0 Å². The van der Waals surface area contributed by atoms with Gasteiger partial charge in [-0.1, -0.05) is 66.7 Å². The third kappa shape index (κ3) is 8.15. The SMILES string of the molecule is CC(C)(C)OC(=O)N[C@H](C(=O)OCc1ccccc1)C1C=CC(OCc2ccccc2)=CC1. The zero-order valence-corrected chi connectivity index (χ0v) is 19.3. The highest BCUT2D eigenvalue weighted by Crippen LogP contribution is 2.23. The van der Waals surface area contributed by atoms with Crippen molar-refractivity contribution in [3.05, 3.63) is 95.8 Å². The van der Waals surface area contributed by atoms with Crippen molar-refractivity contribution in [2.75, 3.05) is 0 Å². The van der Waals surface area contributed by atoms with E-state index in [4.69, 9.17) is 14.2 Å². The highest BCUT2D eigenvalue weighted by atomic mass is 16.6. The lowest BCUT2D eigenvalue weighted by atomic mass is 9.92. The summed E-state index contributed by atoms with van der Waals surface area (Å²) in [4.78, 5) is 25.3. The molecule has 174 valence electrons. The molecule has 0 spiro atoms. The first-order valence-electron chi connectivity index (χ1n) is 11.1. The molecule has 6 heteroatoms. The second-order valence-corrected chi connectivity index (χ2v) is 8.86. The van der Waals surface area contributed by atoms with Gasteiger partial charge in [0, 0.05) is 5.92 Å². The van der Waals surface area contributed by atoms with Crippen LogP contribution in [0.4, 0.5) is 4.79 Å². The van der Waals surface area contributed by atoms with Crippen molar-refractivity contribution in [1.29, 1.82) is 0 Å². The van der Waals surface area contributed by atoms with E-state index in [9.17, 15) is 9.59 Å². The number of rotatable bonds is 8. The Morgan fingerprint density at radius 3 is 2.12 bits per heavy atom. The van der Waals surface area contributed by atoms with Crippen LogP contribution < -0.4 is 5.32 Å². The van der Waals surface area contributed by atoms with Crippen LogP contribution in [0.5, 0.6) is 0 Å². The summed E-state index contributed by atoms with van der Waals surface area (Å²) < 4.78 is 16.7. The molecular weight excluding hydrogens is 418 g/mol. The van der Waals surface area contributed by atoms with Crippen molar-refractivity contribution < 1.29 is 23.8 Å². The maximum Gasteiger partial charge on any atom is 0.408 e. The van der Waals surface area contributed by atoms with Gasteiger partial charge in [-0.15, -0.1) is 0 Å². The van der Waals surface area contributed by atoms with Crippen LogP contribution in [0.3, 0.4) is 0 Å². The molecule has 1 N–H and O–H groups in total. The average Bonchev–Trinajstić information content (AvgIpc) is 2.80. The first-order valence-corrected chi connectivity index (χ1v) is 11.1. The van der Waals surface area contributed by atoms with Gasteiger partial charge in [0.05, 0.1) is 0 Å². The molecule has 0 fully saturated rings. The summed E-state index contributed by atoms with van der Waals surface area (Å²) in [6.45, 7) is 5.91. The first kappa shape index (κ1) is 24.1. The number of carbonyl (C=O) groups excluding carboxylic acids is 2. The molecule has 0 aliphatic heterocycles. The van der Waals surface area contributed by atoms with E-state index in [-0.39, 0.29) is 12.5 Å². The van der Waals surface area contributed by atoms with Crippen LogP contribution in [0.25, 0.3) is 0 Å². The van der Waals surface area contributed by atoms with Crippen LogP contribution in [0, 0.1) is 5.92 Å². The number of nitrogens with one attached hydrogen (secondary N) is 1. The minimum atomic E-state index is -0.883. The number of benzene rings is 2. The molecule has 3 rings (SSSR count). The number of alkyl carbamates (subject to hydrolysis) is 1. The average molecular weight is 450 g/mol. The molecule has 1 aliphatic carbocycles. The number of hydrogen-bond acceptors (Lipinski definition) is 5. The van der Waals surface area contributed by atoms with Gasteiger partial charge in [-0.25, -0.2) is 9.59 Å². The normalized spacial score (nSPS) is 16.3. The number of esters is 1. The second kappa shape index (κ2) is 11.4. The van der Waals surface area contributed by atoms with Crippen molar-refractivity contribution in [1.82, 2.24) is 5.32 Å². The van der Waals surface area contributed by atoms with Gasteiger partial charge in [0.2, 0.25) is 0 Å². The topological polar surface area (TPSA) is 73.9 Å². The Bertz CT molecular complexity index is 977. The van der Waals surface area contributed by atoms with Crippen LogP contribution in [0.2, 0.25) is 0 Å². The van der Waals surface area contributed by atoms with Crippen molar-refractivity contribution in [2.45, 2.75) is 52.0 Å². The zero-order chi connectivity index (χ0) is 23.7. The molecule has 0 saturated heterocycles. The Morgan fingerprint density at radius 1 is 0.970 bits per heavy atom. The highest BCUT2D eigenvalue weighted by molar-refractivity contribution is 5.82. The van der Waals surface area contributed by atoms with Crippen molar-refractivity contribution in [3.63, 3.8) is 0 Å². The van der Waals surface area contributed by atoms with Gasteiger partial charge in [0.1, 0.15) is 30.6 Å². The quantitative estimate of drug-likeness (QED) is 0.554. The third-order valence-corrected chi connectivity index (χ3v) is 4.93. The van der Waals surface area contributed by atoms with Crippen molar-refractivity contribution >= 4 is 12.1 Å². The molecule has 33 heavy (non-hydrogen) atoms. The largest absolute Gasteiger partial charge is 0.489 e. The molecule has 1 amide bonds. The van der Waals surface area contributed by atoms with E-state index < -0.39 is 23.7 Å². The number of ether oxygens (including phenoxy) is 3. The van der Waals surface area contributed by atoms with E-state index in [1.165, 1.54) is 0 Å². The van der Waals surface area contributed by atoms with E-state index >= 15 is 0 Å². The summed E-state index contributed by atoms with van der Waals surface area (Å²) in [7, 11) is 0. The zero-order valence-electron chi connectivity index (χ0n) is 19.3. The van der Waals surface area contributed by atoms with Crippen LogP contribution in [0.1, 0.15) is 38.3 Å². The fourth-order valence-electron chi connectivity index (χ4n) is 3.31. The number of allylic oxidation sites excluding steroid dienone is 2. The molecule has 1 unspecified atom stereocenters. The molecule has 2 aromatic carbocycles. The Balaban J connectivity index is 1.63. The molecule has 0 aromatic heterocycles. The minimum Gasteiger partial charge on any atom is -0.489 e. The first-order chi connectivity index (χ1) is 15.8. The van der Waals surface area contributed by atoms with Crippen molar-refractivity contribution in [3.8, 4) is 0 Å². The fraction of sp³-hybridized carbons (Fsp3) is 0.333. The monoisotopic (exact) mass is 449 g/mol. The van der Waals surface area contributed by atoms with Crippen LogP contribution in [-0.4, -0.2) is 23.7 Å². The summed E-state index contributed by atoms with van der Waals surface area (Å²) in [5.74, 6) is -0.0740. The molecule has 2 aromatic rings. The number of hydrogen-bond donors (Lipinski definition) is 1. The Kier molecular flexibility index (Phi) is 8.30. The van der Waals surface area contributed by atoms with E-state index in [2.05, 4.69) is 5.32 Å². The summed E-state index contributed by atoms with van der Waals surface area (Å²) in [5.41, 5.74) is 1.27. The fourth-order valence-corrected chi connectivity index (χ4v) is 3.31. The minimum absolute atomic E-state index is 0.129. The summed E-state index contributed by atoms with van der Waals surface area (Å²) in [6.07, 6.45) is 5.47. The summed E-state index contributed by atoms with van der Waals surface area (Å²) in [5, 5.41) is 2.69. The molecule has 2 atom stereocenters. The Morgan fingerprint density at radius 2 is 1.58 bits per heavy atom. The van der Waals surface area contributed by atoms with E-state index in [0.717, 1.165) is 16.9 Å². The van der Waals surface area contributed by atoms with Gasteiger partial charge in [0.15, 0.2) is 0 Å². The number of amides is 1. The smallest absolute Gasteiger partial charge is 0.408 e. The van der Waals surface area contributed by atoms with Crippen LogP contribution >= 0.6 is 0 Å². The predicted octanol–water partition coefficient (Wildman–Crippen LogP) is 5.30. The molecular formula is C27H31NO5. The van der Waals surface area contributed by atoms with Gasteiger partial charge in [-0.05, 0) is 50.5 Å². The number of carbonyl (C=O) groups is 2. The van der Waals surface area contributed by atoms with Gasteiger partial charge in [-0.2, -0.15) is 0 Å². The van der Waals surface area contributed by atoms with Gasteiger partial charge < -0.3 is 19.5 Å². The lowest BCUT2D eigenvalue weighted by Gasteiger charge is -2.27. The maximum absolute atomic E-state index is 12.9. The molecule has 1 aliphatic rings.